The van der Waals surface area contributed by atoms with Gasteiger partial charge in [0.05, 0.1) is 6.54 Å². The summed E-state index contributed by atoms with van der Waals surface area (Å²) in [5, 5.41) is 4.62. The lowest BCUT2D eigenvalue weighted by molar-refractivity contribution is 0.306. The van der Waals surface area contributed by atoms with Crippen molar-refractivity contribution in [3.05, 3.63) is 77.3 Å². The molecule has 4 nitrogen and oxygen atoms in total. The molecule has 21 heavy (non-hydrogen) atoms. The SMILES string of the molecule is Clc1cc(OCc2ccc(Cn3cccn3)cc2)ccn1. The molecule has 2 heterocycles. The van der Waals surface area contributed by atoms with E-state index in [-0.39, 0.29) is 0 Å². The number of hydrogen-bond donors (Lipinski definition) is 0. The quantitative estimate of drug-likeness (QED) is 0.676. The van der Waals surface area contributed by atoms with Crippen LogP contribution in [0.5, 0.6) is 5.75 Å². The number of aromatic nitrogens is 3. The number of ether oxygens (including phenoxy) is 1. The molecule has 5 heteroatoms. The molecule has 3 aromatic rings. The first-order chi connectivity index (χ1) is 10.3. The Morgan fingerprint density at radius 3 is 2.57 bits per heavy atom. The van der Waals surface area contributed by atoms with Gasteiger partial charge >= 0.3 is 0 Å². The zero-order valence-electron chi connectivity index (χ0n) is 11.3. The minimum Gasteiger partial charge on any atom is -0.489 e. The average molecular weight is 300 g/mol. The summed E-state index contributed by atoms with van der Waals surface area (Å²) in [6.07, 6.45) is 5.36. The highest BCUT2D eigenvalue weighted by Crippen LogP contribution is 2.16. The molecule has 0 unspecified atom stereocenters. The van der Waals surface area contributed by atoms with Gasteiger partial charge in [-0.1, -0.05) is 35.9 Å². The third-order valence-electron chi connectivity index (χ3n) is 3.03. The maximum Gasteiger partial charge on any atom is 0.132 e. The third kappa shape index (κ3) is 3.83. The molecule has 0 atom stereocenters. The minimum atomic E-state index is 0.432. The van der Waals surface area contributed by atoms with Crippen LogP contribution in [0.15, 0.2) is 61.1 Å². The Morgan fingerprint density at radius 2 is 1.86 bits per heavy atom. The van der Waals surface area contributed by atoms with Gasteiger partial charge in [-0.3, -0.25) is 4.68 Å². The molecule has 1 aromatic carbocycles. The monoisotopic (exact) mass is 299 g/mol. The van der Waals surface area contributed by atoms with Crippen LogP contribution in [0.2, 0.25) is 5.15 Å². The second-order valence-electron chi connectivity index (χ2n) is 4.62. The van der Waals surface area contributed by atoms with Crippen molar-refractivity contribution in [1.29, 1.82) is 0 Å². The van der Waals surface area contributed by atoms with Gasteiger partial charge in [0, 0.05) is 24.7 Å². The topological polar surface area (TPSA) is 39.9 Å². The maximum atomic E-state index is 5.82. The molecule has 2 aromatic heterocycles. The van der Waals surface area contributed by atoms with Crippen molar-refractivity contribution in [3.63, 3.8) is 0 Å². The zero-order chi connectivity index (χ0) is 14.5. The molecular weight excluding hydrogens is 286 g/mol. The molecule has 0 aliphatic carbocycles. The molecule has 0 aliphatic rings. The van der Waals surface area contributed by atoms with Crippen LogP contribution in [0.4, 0.5) is 0 Å². The van der Waals surface area contributed by atoms with Crippen molar-refractivity contribution in [1.82, 2.24) is 14.8 Å². The van der Waals surface area contributed by atoms with Crippen molar-refractivity contribution in [2.45, 2.75) is 13.2 Å². The fourth-order valence-corrected chi connectivity index (χ4v) is 2.13. The first kappa shape index (κ1) is 13.6. The van der Waals surface area contributed by atoms with E-state index in [1.165, 1.54) is 5.56 Å². The Morgan fingerprint density at radius 1 is 1.05 bits per heavy atom. The Balaban J connectivity index is 1.59. The van der Waals surface area contributed by atoms with Crippen LogP contribution >= 0.6 is 11.6 Å². The third-order valence-corrected chi connectivity index (χ3v) is 3.24. The van der Waals surface area contributed by atoms with Crippen LogP contribution in [-0.2, 0) is 13.2 Å². The standard InChI is InChI=1S/C16H14ClN3O/c17-16-10-15(6-8-18-16)21-12-14-4-2-13(3-5-14)11-20-9-1-7-19-20/h1-10H,11-12H2. The summed E-state index contributed by atoms with van der Waals surface area (Å²) in [6.45, 7) is 1.27. The number of hydrogen-bond acceptors (Lipinski definition) is 3. The van der Waals surface area contributed by atoms with E-state index in [2.05, 4.69) is 34.3 Å². The fraction of sp³-hybridized carbons (Fsp3) is 0.125. The molecule has 0 radical (unpaired) electrons. The largest absolute Gasteiger partial charge is 0.489 e. The van der Waals surface area contributed by atoms with Gasteiger partial charge in [0.25, 0.3) is 0 Å². The summed E-state index contributed by atoms with van der Waals surface area (Å²) < 4.78 is 7.57. The molecule has 0 spiro atoms. The van der Waals surface area contributed by atoms with E-state index in [0.29, 0.717) is 11.8 Å². The van der Waals surface area contributed by atoms with E-state index in [1.807, 2.05) is 16.9 Å². The summed E-state index contributed by atoms with van der Waals surface area (Å²) in [5.41, 5.74) is 2.31. The normalized spacial score (nSPS) is 10.5. The highest BCUT2D eigenvalue weighted by Gasteiger charge is 1.99. The molecule has 0 fully saturated rings. The summed E-state index contributed by atoms with van der Waals surface area (Å²) in [4.78, 5) is 3.92. The number of nitrogens with zero attached hydrogens (tertiary/aromatic N) is 3. The average Bonchev–Trinajstić information content (AvgIpc) is 3.00. The van der Waals surface area contributed by atoms with Gasteiger partial charge in [-0.25, -0.2) is 4.98 Å². The smallest absolute Gasteiger partial charge is 0.132 e. The van der Waals surface area contributed by atoms with E-state index in [9.17, 15) is 0 Å². The van der Waals surface area contributed by atoms with Crippen LogP contribution in [0.1, 0.15) is 11.1 Å². The van der Waals surface area contributed by atoms with Crippen LogP contribution in [-0.4, -0.2) is 14.8 Å². The van der Waals surface area contributed by atoms with Gasteiger partial charge in [-0.05, 0) is 23.3 Å². The Hall–Kier alpha value is -2.33. The number of benzene rings is 1. The molecule has 0 saturated heterocycles. The molecule has 106 valence electrons. The van der Waals surface area contributed by atoms with Gasteiger partial charge in [-0.15, -0.1) is 0 Å². The second kappa shape index (κ2) is 6.41. The van der Waals surface area contributed by atoms with E-state index < -0.39 is 0 Å². The number of rotatable bonds is 5. The summed E-state index contributed by atoms with van der Waals surface area (Å²) >= 11 is 5.82. The summed E-state index contributed by atoms with van der Waals surface area (Å²) in [6, 6.07) is 13.7. The highest BCUT2D eigenvalue weighted by atomic mass is 35.5. The molecule has 0 bridgehead atoms. The molecule has 0 saturated carbocycles. The van der Waals surface area contributed by atoms with Gasteiger partial charge in [0.15, 0.2) is 0 Å². The van der Waals surface area contributed by atoms with E-state index in [1.54, 1.807) is 24.5 Å². The molecule has 0 N–H and O–H groups in total. The predicted octanol–water partition coefficient (Wildman–Crippen LogP) is 3.56. The zero-order valence-corrected chi connectivity index (χ0v) is 12.1. The van der Waals surface area contributed by atoms with Gasteiger partial charge < -0.3 is 4.74 Å². The van der Waals surface area contributed by atoms with Gasteiger partial charge in [0.1, 0.15) is 17.5 Å². The Bertz CT molecular complexity index is 696. The van der Waals surface area contributed by atoms with Crippen molar-refractivity contribution >= 4 is 11.6 Å². The summed E-state index contributed by atoms with van der Waals surface area (Å²) in [7, 11) is 0. The van der Waals surface area contributed by atoms with Crippen LogP contribution in [0, 0.1) is 0 Å². The van der Waals surface area contributed by atoms with Crippen molar-refractivity contribution in [2.75, 3.05) is 0 Å². The maximum absolute atomic E-state index is 5.82. The highest BCUT2D eigenvalue weighted by molar-refractivity contribution is 6.29. The first-order valence-electron chi connectivity index (χ1n) is 6.59. The predicted molar refractivity (Wildman–Crippen MR) is 81.4 cm³/mol. The van der Waals surface area contributed by atoms with Crippen molar-refractivity contribution in [2.24, 2.45) is 0 Å². The van der Waals surface area contributed by atoms with Gasteiger partial charge in [-0.2, -0.15) is 5.10 Å². The van der Waals surface area contributed by atoms with Crippen molar-refractivity contribution in [3.8, 4) is 5.75 Å². The van der Waals surface area contributed by atoms with Crippen LogP contribution in [0.3, 0.4) is 0 Å². The molecule has 0 aliphatic heterocycles. The summed E-state index contributed by atoms with van der Waals surface area (Å²) in [5.74, 6) is 0.718. The minimum absolute atomic E-state index is 0.432. The Kier molecular flexibility index (Phi) is 4.17. The lowest BCUT2D eigenvalue weighted by atomic mass is 10.1. The lowest BCUT2D eigenvalue weighted by Gasteiger charge is -2.07. The fourth-order valence-electron chi connectivity index (χ4n) is 1.96. The van der Waals surface area contributed by atoms with E-state index in [4.69, 9.17) is 16.3 Å². The van der Waals surface area contributed by atoms with E-state index >= 15 is 0 Å². The Labute approximate surface area is 128 Å². The lowest BCUT2D eigenvalue weighted by Crippen LogP contribution is -2.00. The number of pyridine rings is 1. The molecular formula is C16H14ClN3O. The van der Waals surface area contributed by atoms with Gasteiger partial charge in [0.2, 0.25) is 0 Å². The number of halogens is 1. The van der Waals surface area contributed by atoms with Crippen LogP contribution < -0.4 is 4.74 Å². The first-order valence-corrected chi connectivity index (χ1v) is 6.97. The second-order valence-corrected chi connectivity index (χ2v) is 5.01. The molecule has 0 amide bonds. The van der Waals surface area contributed by atoms with Crippen molar-refractivity contribution < 1.29 is 4.74 Å². The van der Waals surface area contributed by atoms with Crippen LogP contribution in [0.25, 0.3) is 0 Å². The van der Waals surface area contributed by atoms with E-state index in [0.717, 1.165) is 17.9 Å². The molecule has 3 rings (SSSR count).